The van der Waals surface area contributed by atoms with Gasteiger partial charge < -0.3 is 5.32 Å². The first-order valence-electron chi connectivity index (χ1n) is 8.26. The summed E-state index contributed by atoms with van der Waals surface area (Å²) in [5.41, 5.74) is 2.44. The monoisotopic (exact) mass is 385 g/mol. The van der Waals surface area contributed by atoms with Crippen LogP contribution in [0.25, 0.3) is 11.3 Å². The number of nitrogens with one attached hydrogen (secondary N) is 1. The zero-order valence-electron chi connectivity index (χ0n) is 14.7. The summed E-state index contributed by atoms with van der Waals surface area (Å²) in [7, 11) is 0. The molecular weight excluding hydrogens is 368 g/mol. The van der Waals surface area contributed by atoms with Gasteiger partial charge in [0, 0.05) is 17.3 Å². The van der Waals surface area contributed by atoms with Crippen molar-refractivity contribution < 1.29 is 13.6 Å². The normalized spacial score (nSPS) is 11.9. The van der Waals surface area contributed by atoms with Crippen LogP contribution in [-0.4, -0.2) is 21.1 Å². The number of hydrogen-bond donors (Lipinski definition) is 1. The van der Waals surface area contributed by atoms with Gasteiger partial charge in [-0.15, -0.1) is 0 Å². The van der Waals surface area contributed by atoms with Crippen LogP contribution in [0.15, 0.2) is 59.8 Å². The fourth-order valence-corrected chi connectivity index (χ4v) is 3.22. The first kappa shape index (κ1) is 19.0. The van der Waals surface area contributed by atoms with E-state index in [1.807, 2.05) is 43.3 Å². The number of thioether (sulfide) groups is 1. The van der Waals surface area contributed by atoms with E-state index >= 15 is 0 Å². The molecule has 1 N–H and O–H groups in total. The second-order valence-electron chi connectivity index (χ2n) is 5.92. The van der Waals surface area contributed by atoms with Crippen LogP contribution in [0.5, 0.6) is 0 Å². The van der Waals surface area contributed by atoms with Gasteiger partial charge in [-0.2, -0.15) is 0 Å². The van der Waals surface area contributed by atoms with E-state index in [0.717, 1.165) is 29.1 Å². The van der Waals surface area contributed by atoms with Crippen molar-refractivity contribution in [1.82, 2.24) is 9.97 Å². The zero-order chi connectivity index (χ0) is 19.4. The summed E-state index contributed by atoms with van der Waals surface area (Å²) in [6, 6.07) is 14.5. The van der Waals surface area contributed by atoms with E-state index in [2.05, 4.69) is 15.3 Å². The Morgan fingerprint density at radius 3 is 2.52 bits per heavy atom. The predicted octanol–water partition coefficient (Wildman–Crippen LogP) is 4.85. The lowest BCUT2D eigenvalue weighted by molar-refractivity contribution is -0.115. The summed E-state index contributed by atoms with van der Waals surface area (Å²) >= 11 is 1.17. The Kier molecular flexibility index (Phi) is 5.81. The fourth-order valence-electron chi connectivity index (χ4n) is 2.39. The number of halogens is 2. The van der Waals surface area contributed by atoms with Gasteiger partial charge in [0.25, 0.3) is 0 Å². The number of carbonyl (C=O) groups is 1. The lowest BCUT2D eigenvalue weighted by atomic mass is 10.1. The van der Waals surface area contributed by atoms with Gasteiger partial charge in [0.2, 0.25) is 5.91 Å². The highest BCUT2D eigenvalue weighted by Gasteiger charge is 2.18. The fraction of sp³-hybridized carbons (Fsp3) is 0.150. The van der Waals surface area contributed by atoms with E-state index < -0.39 is 22.8 Å². The molecule has 0 aliphatic carbocycles. The highest BCUT2D eigenvalue weighted by atomic mass is 32.2. The van der Waals surface area contributed by atoms with Crippen molar-refractivity contribution in [3.05, 3.63) is 71.9 Å². The largest absolute Gasteiger partial charge is 0.323 e. The smallest absolute Gasteiger partial charge is 0.237 e. The molecule has 0 aliphatic rings. The van der Waals surface area contributed by atoms with Gasteiger partial charge >= 0.3 is 0 Å². The molecule has 1 heterocycles. The van der Waals surface area contributed by atoms with Crippen LogP contribution < -0.4 is 5.32 Å². The third-order valence-electron chi connectivity index (χ3n) is 3.74. The summed E-state index contributed by atoms with van der Waals surface area (Å²) in [6.45, 7) is 3.53. The van der Waals surface area contributed by atoms with Crippen LogP contribution in [0.2, 0.25) is 0 Å². The summed E-state index contributed by atoms with van der Waals surface area (Å²) in [5, 5.41) is 2.35. The van der Waals surface area contributed by atoms with Gasteiger partial charge in [-0.1, -0.05) is 42.1 Å². The van der Waals surface area contributed by atoms with E-state index in [-0.39, 0.29) is 5.69 Å². The minimum absolute atomic E-state index is 0.0658. The predicted molar refractivity (Wildman–Crippen MR) is 103 cm³/mol. The van der Waals surface area contributed by atoms with Crippen molar-refractivity contribution >= 4 is 23.4 Å². The zero-order valence-corrected chi connectivity index (χ0v) is 15.6. The van der Waals surface area contributed by atoms with Crippen molar-refractivity contribution in [3.63, 3.8) is 0 Å². The highest BCUT2D eigenvalue weighted by molar-refractivity contribution is 8.00. The number of amides is 1. The Bertz CT molecular complexity index is 967. The Hall–Kier alpha value is -2.80. The SMILES string of the molecule is Cc1cc(-c2ccccc2)nc(S[C@@H](C)C(=O)Nc2ccc(F)cc2F)n1. The van der Waals surface area contributed by atoms with Gasteiger partial charge in [0.1, 0.15) is 11.6 Å². The van der Waals surface area contributed by atoms with Crippen LogP contribution in [0, 0.1) is 18.6 Å². The Morgan fingerprint density at radius 2 is 1.81 bits per heavy atom. The maximum atomic E-state index is 13.7. The highest BCUT2D eigenvalue weighted by Crippen LogP contribution is 2.25. The first-order chi connectivity index (χ1) is 12.9. The van der Waals surface area contributed by atoms with E-state index in [0.29, 0.717) is 5.16 Å². The first-order valence-corrected chi connectivity index (χ1v) is 9.14. The van der Waals surface area contributed by atoms with E-state index in [9.17, 15) is 13.6 Å². The molecule has 3 aromatic rings. The number of anilines is 1. The molecule has 27 heavy (non-hydrogen) atoms. The molecule has 0 saturated heterocycles. The van der Waals surface area contributed by atoms with Gasteiger partial charge in [0.05, 0.1) is 16.6 Å². The van der Waals surface area contributed by atoms with Crippen molar-refractivity contribution in [2.45, 2.75) is 24.3 Å². The molecule has 0 fully saturated rings. The Labute approximate surface area is 160 Å². The van der Waals surface area contributed by atoms with Crippen LogP contribution in [0.1, 0.15) is 12.6 Å². The second kappa shape index (κ2) is 8.26. The summed E-state index contributed by atoms with van der Waals surface area (Å²) in [5.74, 6) is -1.94. The third kappa shape index (κ3) is 4.89. The lowest BCUT2D eigenvalue weighted by Crippen LogP contribution is -2.23. The van der Waals surface area contributed by atoms with Crippen molar-refractivity contribution in [3.8, 4) is 11.3 Å². The molecule has 0 saturated carbocycles. The number of carbonyl (C=O) groups excluding carboxylic acids is 1. The maximum absolute atomic E-state index is 13.7. The van der Waals surface area contributed by atoms with Gasteiger partial charge in [-0.25, -0.2) is 18.7 Å². The molecule has 0 spiro atoms. The van der Waals surface area contributed by atoms with Crippen molar-refractivity contribution in [2.75, 3.05) is 5.32 Å². The van der Waals surface area contributed by atoms with Crippen LogP contribution in [0.4, 0.5) is 14.5 Å². The molecule has 7 heteroatoms. The molecule has 1 atom stereocenters. The van der Waals surface area contributed by atoms with Crippen LogP contribution >= 0.6 is 11.8 Å². The van der Waals surface area contributed by atoms with E-state index in [4.69, 9.17) is 0 Å². The molecule has 0 radical (unpaired) electrons. The molecule has 2 aromatic carbocycles. The number of hydrogen-bond acceptors (Lipinski definition) is 4. The molecule has 1 aromatic heterocycles. The topological polar surface area (TPSA) is 54.9 Å². The summed E-state index contributed by atoms with van der Waals surface area (Å²) < 4.78 is 26.7. The molecule has 0 unspecified atom stereocenters. The molecule has 3 rings (SSSR count). The van der Waals surface area contributed by atoms with Gasteiger partial charge in [0.15, 0.2) is 5.16 Å². The number of nitrogens with zero attached hydrogens (tertiary/aromatic N) is 2. The number of aryl methyl sites for hydroxylation is 1. The second-order valence-corrected chi connectivity index (χ2v) is 7.22. The Balaban J connectivity index is 1.74. The molecule has 4 nitrogen and oxygen atoms in total. The number of aromatic nitrogens is 2. The van der Waals surface area contributed by atoms with Crippen molar-refractivity contribution in [2.24, 2.45) is 0 Å². The van der Waals surface area contributed by atoms with Crippen molar-refractivity contribution in [1.29, 1.82) is 0 Å². The van der Waals surface area contributed by atoms with E-state index in [1.54, 1.807) is 6.92 Å². The third-order valence-corrected chi connectivity index (χ3v) is 4.70. The van der Waals surface area contributed by atoms with Gasteiger partial charge in [-0.3, -0.25) is 4.79 Å². The molecular formula is C20H17F2N3OS. The van der Waals surface area contributed by atoms with E-state index in [1.165, 1.54) is 17.8 Å². The molecule has 0 bridgehead atoms. The Morgan fingerprint density at radius 1 is 1.07 bits per heavy atom. The summed E-state index contributed by atoms with van der Waals surface area (Å²) in [4.78, 5) is 21.2. The molecule has 0 aliphatic heterocycles. The standard InChI is InChI=1S/C20H17F2N3OS/c1-12-10-18(14-6-4-3-5-7-14)25-20(23-12)27-13(2)19(26)24-17-9-8-15(21)11-16(17)22/h3-11,13H,1-2H3,(H,24,26)/t13-/m0/s1. The lowest BCUT2D eigenvalue weighted by Gasteiger charge is -2.13. The molecule has 1 amide bonds. The quantitative estimate of drug-likeness (QED) is 0.504. The van der Waals surface area contributed by atoms with Crippen LogP contribution in [0.3, 0.4) is 0 Å². The minimum atomic E-state index is -0.821. The molecule has 138 valence electrons. The minimum Gasteiger partial charge on any atom is -0.323 e. The number of rotatable bonds is 5. The maximum Gasteiger partial charge on any atom is 0.237 e. The summed E-state index contributed by atoms with van der Waals surface area (Å²) in [6.07, 6.45) is 0. The average molecular weight is 385 g/mol. The number of benzene rings is 2. The van der Waals surface area contributed by atoms with Gasteiger partial charge in [-0.05, 0) is 32.0 Å². The average Bonchev–Trinajstić information content (AvgIpc) is 2.64. The van der Waals surface area contributed by atoms with Crippen LogP contribution in [-0.2, 0) is 4.79 Å².